The number of hydrogen-bond acceptors (Lipinski definition) is 3. The highest BCUT2D eigenvalue weighted by atomic mass is 127. The molecule has 2 rings (SSSR count). The highest BCUT2D eigenvalue weighted by Gasteiger charge is 2.12. The molecule has 1 aromatic carbocycles. The van der Waals surface area contributed by atoms with Crippen molar-refractivity contribution >= 4 is 39.8 Å². The van der Waals surface area contributed by atoms with Gasteiger partial charge in [-0.1, -0.05) is 44.2 Å². The molecule has 7 heteroatoms. The summed E-state index contributed by atoms with van der Waals surface area (Å²) in [5.74, 6) is 1.70. The normalized spacial score (nSPS) is 16.0. The lowest BCUT2D eigenvalue weighted by Crippen LogP contribution is -2.37. The van der Waals surface area contributed by atoms with E-state index in [4.69, 9.17) is 0 Å². The summed E-state index contributed by atoms with van der Waals surface area (Å²) in [5.41, 5.74) is 1.03. The summed E-state index contributed by atoms with van der Waals surface area (Å²) < 4.78 is 22.9. The molecule has 0 bridgehead atoms. The molecule has 0 amide bonds. The van der Waals surface area contributed by atoms with Crippen LogP contribution in [0.15, 0.2) is 34.2 Å². The van der Waals surface area contributed by atoms with Gasteiger partial charge >= 0.3 is 0 Å². The lowest BCUT2D eigenvalue weighted by molar-refractivity contribution is 0.332. The van der Waals surface area contributed by atoms with E-state index in [1.54, 1.807) is 19.2 Å². The van der Waals surface area contributed by atoms with Crippen LogP contribution in [-0.2, 0) is 16.4 Å². The first-order chi connectivity index (χ1) is 12.0. The summed E-state index contributed by atoms with van der Waals surface area (Å²) >= 11 is 0. The third-order valence-corrected chi connectivity index (χ3v) is 5.97. The molecular weight excluding hydrogens is 461 g/mol. The van der Waals surface area contributed by atoms with E-state index in [1.807, 2.05) is 12.1 Å². The molecule has 1 aliphatic rings. The fourth-order valence-corrected chi connectivity index (χ4v) is 3.96. The van der Waals surface area contributed by atoms with Gasteiger partial charge in [0.25, 0.3) is 0 Å². The molecule has 0 radical (unpaired) electrons. The molecule has 0 atom stereocenters. The monoisotopic (exact) mass is 493 g/mol. The molecule has 0 unspecified atom stereocenters. The maximum Gasteiger partial charge on any atom is 0.191 e. The Balaban J connectivity index is 0.00000338. The molecule has 0 saturated heterocycles. The van der Waals surface area contributed by atoms with E-state index in [2.05, 4.69) is 15.6 Å². The van der Waals surface area contributed by atoms with E-state index in [0.717, 1.165) is 24.0 Å². The van der Waals surface area contributed by atoms with Gasteiger partial charge in [0, 0.05) is 26.4 Å². The van der Waals surface area contributed by atoms with Crippen LogP contribution in [-0.4, -0.2) is 34.2 Å². The Morgan fingerprint density at radius 2 is 1.77 bits per heavy atom. The summed E-state index contributed by atoms with van der Waals surface area (Å²) in [4.78, 5) is 4.59. The summed E-state index contributed by atoms with van der Waals surface area (Å²) in [7, 11) is -1.37. The van der Waals surface area contributed by atoms with Gasteiger partial charge in [0.1, 0.15) is 0 Å². The zero-order valence-corrected chi connectivity index (χ0v) is 19.0. The lowest BCUT2D eigenvalue weighted by atomic mass is 9.86. The summed E-state index contributed by atoms with van der Waals surface area (Å²) in [6.07, 6.45) is 10.7. The van der Waals surface area contributed by atoms with E-state index in [-0.39, 0.29) is 24.0 Å². The van der Waals surface area contributed by atoms with Crippen molar-refractivity contribution in [1.29, 1.82) is 0 Å². The van der Waals surface area contributed by atoms with Gasteiger partial charge in [-0.05, 0) is 36.5 Å². The maximum atomic E-state index is 11.5. The topological polar surface area (TPSA) is 70.6 Å². The van der Waals surface area contributed by atoms with Gasteiger partial charge in [-0.25, -0.2) is 8.42 Å². The van der Waals surface area contributed by atoms with E-state index < -0.39 is 9.84 Å². The summed E-state index contributed by atoms with van der Waals surface area (Å²) in [6.45, 7) is 1.55. The van der Waals surface area contributed by atoms with Crippen LogP contribution < -0.4 is 10.6 Å². The SMILES string of the molecule is CN=C(NCCCC1CCCCC1)NCc1ccc(S(C)(=O)=O)cc1.I. The van der Waals surface area contributed by atoms with Crippen molar-refractivity contribution < 1.29 is 8.42 Å². The number of guanidine groups is 1. The maximum absolute atomic E-state index is 11.5. The van der Waals surface area contributed by atoms with E-state index >= 15 is 0 Å². The zero-order chi connectivity index (χ0) is 18.1. The van der Waals surface area contributed by atoms with Gasteiger partial charge in [-0.15, -0.1) is 24.0 Å². The minimum absolute atomic E-state index is 0. The largest absolute Gasteiger partial charge is 0.356 e. The number of benzene rings is 1. The molecule has 26 heavy (non-hydrogen) atoms. The Hall–Kier alpha value is -0.830. The number of nitrogens with zero attached hydrogens (tertiary/aromatic N) is 1. The van der Waals surface area contributed by atoms with Crippen LogP contribution in [0.25, 0.3) is 0 Å². The molecule has 5 nitrogen and oxygen atoms in total. The quantitative estimate of drug-likeness (QED) is 0.263. The molecule has 1 saturated carbocycles. The Morgan fingerprint density at radius 1 is 1.12 bits per heavy atom. The number of sulfone groups is 1. The number of hydrogen-bond donors (Lipinski definition) is 2. The van der Waals surface area contributed by atoms with Crippen molar-refractivity contribution in [2.45, 2.75) is 56.4 Å². The van der Waals surface area contributed by atoms with Gasteiger partial charge in [0.2, 0.25) is 0 Å². The Morgan fingerprint density at radius 3 is 2.35 bits per heavy atom. The average Bonchev–Trinajstić information content (AvgIpc) is 2.61. The molecule has 0 aromatic heterocycles. The van der Waals surface area contributed by atoms with E-state index in [9.17, 15) is 8.42 Å². The minimum Gasteiger partial charge on any atom is -0.356 e. The summed E-state index contributed by atoms with van der Waals surface area (Å²) in [6, 6.07) is 6.96. The minimum atomic E-state index is -3.14. The predicted octanol–water partition coefficient (Wildman–Crippen LogP) is 3.73. The molecule has 0 heterocycles. The van der Waals surface area contributed by atoms with E-state index in [1.165, 1.54) is 51.2 Å². The van der Waals surface area contributed by atoms with Crippen LogP contribution in [0.2, 0.25) is 0 Å². The van der Waals surface area contributed by atoms with Crippen LogP contribution in [0.3, 0.4) is 0 Å². The predicted molar refractivity (Wildman–Crippen MR) is 119 cm³/mol. The first-order valence-electron chi connectivity index (χ1n) is 9.22. The molecule has 2 N–H and O–H groups in total. The number of halogens is 1. The third-order valence-electron chi connectivity index (χ3n) is 4.84. The molecule has 0 spiro atoms. The number of nitrogens with one attached hydrogen (secondary N) is 2. The second-order valence-electron chi connectivity index (χ2n) is 6.91. The Labute approximate surface area is 175 Å². The second-order valence-corrected chi connectivity index (χ2v) is 8.93. The smallest absolute Gasteiger partial charge is 0.191 e. The van der Waals surface area contributed by atoms with Crippen molar-refractivity contribution in [3.8, 4) is 0 Å². The van der Waals surface area contributed by atoms with Gasteiger partial charge in [0.15, 0.2) is 15.8 Å². The second kappa shape index (κ2) is 11.8. The molecule has 1 aromatic rings. The Bertz CT molecular complexity index is 654. The van der Waals surface area contributed by atoms with Gasteiger partial charge < -0.3 is 10.6 Å². The fourth-order valence-electron chi connectivity index (χ4n) is 3.33. The molecule has 1 fully saturated rings. The Kier molecular flexibility index (Phi) is 10.5. The first-order valence-corrected chi connectivity index (χ1v) is 11.1. The van der Waals surface area contributed by atoms with Crippen molar-refractivity contribution in [3.05, 3.63) is 29.8 Å². The van der Waals surface area contributed by atoms with Crippen LogP contribution in [0.5, 0.6) is 0 Å². The standard InChI is InChI=1S/C19H31N3O2S.HI/c1-20-19(21-14-6-9-16-7-4-3-5-8-16)22-15-17-10-12-18(13-11-17)25(2,23)24;/h10-13,16H,3-9,14-15H2,1-2H3,(H2,20,21,22);1H. The molecule has 148 valence electrons. The van der Waals surface area contributed by atoms with Crippen LogP contribution in [0.4, 0.5) is 0 Å². The van der Waals surface area contributed by atoms with Gasteiger partial charge in [-0.3, -0.25) is 4.99 Å². The van der Waals surface area contributed by atoms with Crippen molar-refractivity contribution in [2.24, 2.45) is 10.9 Å². The molecule has 0 aliphatic heterocycles. The van der Waals surface area contributed by atoms with Crippen LogP contribution >= 0.6 is 24.0 Å². The first kappa shape index (κ1) is 23.2. The fraction of sp³-hybridized carbons (Fsp3) is 0.632. The van der Waals surface area contributed by atoms with Crippen LogP contribution in [0.1, 0.15) is 50.5 Å². The zero-order valence-electron chi connectivity index (χ0n) is 15.8. The molecule has 1 aliphatic carbocycles. The summed E-state index contributed by atoms with van der Waals surface area (Å²) in [5, 5.41) is 6.63. The third kappa shape index (κ3) is 8.24. The van der Waals surface area contributed by atoms with Crippen LogP contribution in [0, 0.1) is 5.92 Å². The highest BCUT2D eigenvalue weighted by Crippen LogP contribution is 2.26. The number of rotatable bonds is 7. The van der Waals surface area contributed by atoms with E-state index in [0.29, 0.717) is 11.4 Å². The van der Waals surface area contributed by atoms with Gasteiger partial charge in [0.05, 0.1) is 4.90 Å². The van der Waals surface area contributed by atoms with Gasteiger partial charge in [-0.2, -0.15) is 0 Å². The van der Waals surface area contributed by atoms with Crippen molar-refractivity contribution in [2.75, 3.05) is 19.8 Å². The molecular formula is C19H32IN3O2S. The highest BCUT2D eigenvalue weighted by molar-refractivity contribution is 14.0. The van der Waals surface area contributed by atoms with Crippen molar-refractivity contribution in [1.82, 2.24) is 10.6 Å². The average molecular weight is 493 g/mol. The number of aliphatic imine (C=N–C) groups is 1. The lowest BCUT2D eigenvalue weighted by Gasteiger charge is -2.21. The van der Waals surface area contributed by atoms with Crippen molar-refractivity contribution in [3.63, 3.8) is 0 Å².